The molecule has 0 saturated carbocycles. The Kier molecular flexibility index (Phi) is 5.93. The Bertz CT molecular complexity index is 674. The van der Waals surface area contributed by atoms with E-state index in [1.165, 1.54) is 11.8 Å². The van der Waals surface area contributed by atoms with Gasteiger partial charge in [0.05, 0.1) is 19.0 Å². The Labute approximate surface area is 137 Å². The number of ether oxygens (including phenoxy) is 1. The first-order valence-corrected chi connectivity index (χ1v) is 7.77. The number of nitrogens with zero attached hydrogens (tertiary/aromatic N) is 3. The van der Waals surface area contributed by atoms with Crippen LogP contribution in [0.1, 0.15) is 37.1 Å². The van der Waals surface area contributed by atoms with Crippen LogP contribution in [0.25, 0.3) is 0 Å². The highest BCUT2D eigenvalue weighted by Gasteiger charge is 2.06. The minimum atomic E-state index is 0.309. The van der Waals surface area contributed by atoms with Gasteiger partial charge in [0.1, 0.15) is 17.6 Å². The molecule has 1 heterocycles. The topological polar surface area (TPSA) is 70.8 Å². The van der Waals surface area contributed by atoms with Crippen molar-refractivity contribution in [2.45, 2.75) is 33.7 Å². The smallest absolute Gasteiger partial charge is 0.158 e. The molecule has 0 bridgehead atoms. The van der Waals surface area contributed by atoms with Gasteiger partial charge in [-0.1, -0.05) is 26.0 Å². The first-order chi connectivity index (χ1) is 11.1. The molecule has 23 heavy (non-hydrogen) atoms. The van der Waals surface area contributed by atoms with E-state index in [1.54, 1.807) is 6.20 Å². The molecule has 2 rings (SSSR count). The van der Waals surface area contributed by atoms with Crippen LogP contribution in [0.3, 0.4) is 0 Å². The minimum absolute atomic E-state index is 0.309. The Balaban J connectivity index is 2.01. The Morgan fingerprint density at radius 2 is 2.09 bits per heavy atom. The van der Waals surface area contributed by atoms with Crippen molar-refractivity contribution in [3.05, 3.63) is 47.4 Å². The lowest BCUT2D eigenvalue weighted by Gasteiger charge is -2.14. The van der Waals surface area contributed by atoms with Gasteiger partial charge in [-0.2, -0.15) is 5.26 Å². The van der Waals surface area contributed by atoms with E-state index in [0.29, 0.717) is 30.6 Å². The van der Waals surface area contributed by atoms with Gasteiger partial charge < -0.3 is 10.1 Å². The molecule has 1 aromatic heterocycles. The van der Waals surface area contributed by atoms with Crippen molar-refractivity contribution in [1.82, 2.24) is 9.97 Å². The van der Waals surface area contributed by atoms with Crippen LogP contribution in [-0.4, -0.2) is 16.6 Å². The van der Waals surface area contributed by atoms with Crippen molar-refractivity contribution in [2.24, 2.45) is 5.92 Å². The molecule has 5 nitrogen and oxygen atoms in total. The van der Waals surface area contributed by atoms with Crippen LogP contribution < -0.4 is 10.1 Å². The fourth-order valence-electron chi connectivity index (χ4n) is 2.01. The van der Waals surface area contributed by atoms with E-state index in [-0.39, 0.29) is 0 Å². The third-order valence-corrected chi connectivity index (χ3v) is 3.40. The number of hydrogen-bond acceptors (Lipinski definition) is 5. The second-order valence-corrected chi connectivity index (χ2v) is 5.89. The molecule has 0 aliphatic heterocycles. The average Bonchev–Trinajstić information content (AvgIpc) is 2.54. The van der Waals surface area contributed by atoms with Gasteiger partial charge in [0.2, 0.25) is 0 Å². The van der Waals surface area contributed by atoms with Gasteiger partial charge in [-0.25, -0.2) is 9.97 Å². The van der Waals surface area contributed by atoms with E-state index in [4.69, 9.17) is 10.00 Å². The first kappa shape index (κ1) is 16.8. The summed E-state index contributed by atoms with van der Waals surface area (Å²) in [7, 11) is 0. The standard InChI is InChI=1S/C18H22N4O/c1-13(2)6-7-23-17-8-14(3)4-5-15(17)10-21-18-12-20-16(9-19)11-22-18/h4-5,8,11-13H,6-7,10H2,1-3H3,(H,21,22). The van der Waals surface area contributed by atoms with Gasteiger partial charge in [-0.05, 0) is 30.9 Å². The largest absolute Gasteiger partial charge is 0.493 e. The third-order valence-electron chi connectivity index (χ3n) is 3.40. The summed E-state index contributed by atoms with van der Waals surface area (Å²) in [5, 5.41) is 11.9. The summed E-state index contributed by atoms with van der Waals surface area (Å²) < 4.78 is 5.93. The van der Waals surface area contributed by atoms with Crippen LogP contribution in [0.5, 0.6) is 5.75 Å². The van der Waals surface area contributed by atoms with Crippen molar-refractivity contribution in [3.63, 3.8) is 0 Å². The molecule has 0 unspecified atom stereocenters. The minimum Gasteiger partial charge on any atom is -0.493 e. The van der Waals surface area contributed by atoms with E-state index < -0.39 is 0 Å². The number of nitriles is 1. The molecule has 0 fully saturated rings. The molecular weight excluding hydrogens is 288 g/mol. The van der Waals surface area contributed by atoms with E-state index in [2.05, 4.69) is 54.3 Å². The van der Waals surface area contributed by atoms with Crippen LogP contribution in [-0.2, 0) is 6.54 Å². The third kappa shape index (κ3) is 5.26. The molecule has 1 N–H and O–H groups in total. The predicted octanol–water partition coefficient (Wildman–Crippen LogP) is 3.69. The molecule has 2 aromatic rings. The molecule has 0 atom stereocenters. The Hall–Kier alpha value is -2.61. The lowest BCUT2D eigenvalue weighted by atomic mass is 10.1. The zero-order valence-electron chi connectivity index (χ0n) is 13.8. The molecule has 0 aliphatic carbocycles. The van der Waals surface area contributed by atoms with E-state index in [9.17, 15) is 0 Å². The summed E-state index contributed by atoms with van der Waals surface area (Å²) in [5.41, 5.74) is 2.56. The molecule has 1 aromatic carbocycles. The monoisotopic (exact) mass is 310 g/mol. The Morgan fingerprint density at radius 1 is 1.26 bits per heavy atom. The predicted molar refractivity (Wildman–Crippen MR) is 90.2 cm³/mol. The van der Waals surface area contributed by atoms with Gasteiger partial charge in [0.15, 0.2) is 5.69 Å². The zero-order valence-corrected chi connectivity index (χ0v) is 13.8. The van der Waals surface area contributed by atoms with Crippen LogP contribution in [0.2, 0.25) is 0 Å². The number of aromatic nitrogens is 2. The summed E-state index contributed by atoms with van der Waals surface area (Å²) in [5.74, 6) is 2.16. The maximum atomic E-state index is 8.73. The van der Waals surface area contributed by atoms with Crippen molar-refractivity contribution in [1.29, 1.82) is 5.26 Å². The number of rotatable bonds is 7. The summed E-state index contributed by atoms with van der Waals surface area (Å²) >= 11 is 0. The van der Waals surface area contributed by atoms with Gasteiger partial charge in [0, 0.05) is 12.1 Å². The fourth-order valence-corrected chi connectivity index (χ4v) is 2.01. The summed E-state index contributed by atoms with van der Waals surface area (Å²) in [6, 6.07) is 8.14. The normalized spacial score (nSPS) is 10.4. The molecular formula is C18H22N4O. The SMILES string of the molecule is Cc1ccc(CNc2cnc(C#N)cn2)c(OCCC(C)C)c1. The number of benzene rings is 1. The van der Waals surface area contributed by atoms with Crippen LogP contribution in [0, 0.1) is 24.2 Å². The van der Waals surface area contributed by atoms with E-state index in [1.807, 2.05) is 6.07 Å². The van der Waals surface area contributed by atoms with Gasteiger partial charge in [-0.3, -0.25) is 0 Å². The second kappa shape index (κ2) is 8.14. The van der Waals surface area contributed by atoms with E-state index in [0.717, 1.165) is 17.7 Å². The lowest BCUT2D eigenvalue weighted by molar-refractivity contribution is 0.287. The van der Waals surface area contributed by atoms with Crippen molar-refractivity contribution >= 4 is 5.82 Å². The number of nitrogens with one attached hydrogen (secondary N) is 1. The second-order valence-electron chi connectivity index (χ2n) is 5.89. The summed E-state index contributed by atoms with van der Waals surface area (Å²) in [6.07, 6.45) is 4.05. The molecule has 0 saturated heterocycles. The molecule has 120 valence electrons. The van der Waals surface area contributed by atoms with Crippen molar-refractivity contribution < 1.29 is 4.74 Å². The number of anilines is 1. The maximum Gasteiger partial charge on any atom is 0.158 e. The summed E-state index contributed by atoms with van der Waals surface area (Å²) in [6.45, 7) is 7.73. The summed E-state index contributed by atoms with van der Waals surface area (Å²) in [4.78, 5) is 8.16. The fraction of sp³-hybridized carbons (Fsp3) is 0.389. The lowest BCUT2D eigenvalue weighted by Crippen LogP contribution is -2.07. The zero-order chi connectivity index (χ0) is 16.7. The number of hydrogen-bond donors (Lipinski definition) is 1. The quantitative estimate of drug-likeness (QED) is 0.844. The highest BCUT2D eigenvalue weighted by Crippen LogP contribution is 2.22. The Morgan fingerprint density at radius 3 is 2.74 bits per heavy atom. The van der Waals surface area contributed by atoms with Gasteiger partial charge in [-0.15, -0.1) is 0 Å². The van der Waals surface area contributed by atoms with Gasteiger partial charge in [0.25, 0.3) is 0 Å². The first-order valence-electron chi connectivity index (χ1n) is 7.77. The average molecular weight is 310 g/mol. The van der Waals surface area contributed by atoms with Crippen molar-refractivity contribution in [2.75, 3.05) is 11.9 Å². The number of aryl methyl sites for hydroxylation is 1. The van der Waals surface area contributed by atoms with E-state index >= 15 is 0 Å². The molecule has 0 spiro atoms. The molecule has 5 heteroatoms. The van der Waals surface area contributed by atoms with Gasteiger partial charge >= 0.3 is 0 Å². The molecule has 0 radical (unpaired) electrons. The highest BCUT2D eigenvalue weighted by molar-refractivity contribution is 5.41. The maximum absolute atomic E-state index is 8.73. The molecule has 0 aliphatic rings. The van der Waals surface area contributed by atoms with Crippen LogP contribution in [0.15, 0.2) is 30.6 Å². The van der Waals surface area contributed by atoms with Crippen LogP contribution >= 0.6 is 0 Å². The highest BCUT2D eigenvalue weighted by atomic mass is 16.5. The van der Waals surface area contributed by atoms with Crippen LogP contribution in [0.4, 0.5) is 5.82 Å². The van der Waals surface area contributed by atoms with Crippen molar-refractivity contribution in [3.8, 4) is 11.8 Å². The molecule has 0 amide bonds.